The van der Waals surface area contributed by atoms with Crippen LogP contribution < -0.4 is 26.6 Å². The molecule has 1 heterocycles. The molecule has 0 radical (unpaired) electrons. The summed E-state index contributed by atoms with van der Waals surface area (Å²) < 4.78 is 11.2. The molecule has 3 rings (SSSR count). The number of esters is 1. The molecule has 9 heteroatoms. The molecular weight excluding hydrogens is 408 g/mol. The van der Waals surface area contributed by atoms with Crippen molar-refractivity contribution in [3.8, 4) is 5.75 Å². The third kappa shape index (κ3) is 3.77. The van der Waals surface area contributed by atoms with E-state index < -0.39 is 35.4 Å². The highest BCUT2D eigenvalue weighted by Gasteiger charge is 2.26. The number of hydrogen-bond acceptors (Lipinski definition) is 8. The van der Waals surface area contributed by atoms with E-state index in [0.29, 0.717) is 23.9 Å². The summed E-state index contributed by atoms with van der Waals surface area (Å²) >= 11 is 1.43. The predicted molar refractivity (Wildman–Crippen MR) is 117 cm³/mol. The van der Waals surface area contributed by atoms with Crippen LogP contribution in [0.5, 0.6) is 5.75 Å². The molecule has 160 valence electrons. The summed E-state index contributed by atoms with van der Waals surface area (Å²) in [6, 6.07) is 0.850. The molecule has 8 nitrogen and oxygen atoms in total. The van der Waals surface area contributed by atoms with Crippen LogP contribution in [0.4, 0.5) is 5.69 Å². The van der Waals surface area contributed by atoms with Gasteiger partial charge in [0.2, 0.25) is 10.9 Å². The molecule has 0 bridgehead atoms. The molecule has 0 aliphatic carbocycles. The fraction of sp³-hybridized carbons (Fsp3) is 0.429. The number of nitrogens with two attached hydrogens (primary N) is 1. The Labute approximate surface area is 176 Å². The summed E-state index contributed by atoms with van der Waals surface area (Å²) in [5.74, 6) is -0.780. The van der Waals surface area contributed by atoms with Gasteiger partial charge in [-0.3, -0.25) is 14.4 Å². The number of fused-ring (bicyclic) bond motifs is 2. The SMILES string of the molecule is CCc1sc2cc3c(=O)c(=O)c3c(OCC(=O)N[C@@H](CC(C)C)C(=O)OC)c2c1N. The Bertz CT molecular complexity index is 1200. The van der Waals surface area contributed by atoms with Crippen LogP contribution >= 0.6 is 11.3 Å². The lowest BCUT2D eigenvalue weighted by molar-refractivity contribution is -0.145. The second-order valence-electron chi connectivity index (χ2n) is 7.51. The number of anilines is 1. The first-order valence-electron chi connectivity index (χ1n) is 9.66. The molecule has 0 unspecified atom stereocenters. The van der Waals surface area contributed by atoms with Gasteiger partial charge < -0.3 is 20.5 Å². The van der Waals surface area contributed by atoms with Gasteiger partial charge in [-0.25, -0.2) is 4.79 Å². The smallest absolute Gasteiger partial charge is 0.328 e. The van der Waals surface area contributed by atoms with Crippen LogP contribution in [0.15, 0.2) is 15.7 Å². The van der Waals surface area contributed by atoms with E-state index in [0.717, 1.165) is 9.58 Å². The van der Waals surface area contributed by atoms with Gasteiger partial charge >= 0.3 is 5.97 Å². The van der Waals surface area contributed by atoms with Crippen LogP contribution in [0.2, 0.25) is 0 Å². The minimum Gasteiger partial charge on any atom is -0.482 e. The number of hydrogen-bond donors (Lipinski definition) is 2. The molecule has 0 fully saturated rings. The first-order valence-corrected chi connectivity index (χ1v) is 10.5. The molecule has 3 N–H and O–H groups in total. The third-order valence-corrected chi connectivity index (χ3v) is 6.22. The van der Waals surface area contributed by atoms with Crippen molar-refractivity contribution in [1.82, 2.24) is 5.32 Å². The van der Waals surface area contributed by atoms with Gasteiger partial charge in [-0.2, -0.15) is 0 Å². The van der Waals surface area contributed by atoms with Crippen LogP contribution in [0.25, 0.3) is 20.9 Å². The maximum atomic E-state index is 12.4. The van der Waals surface area contributed by atoms with E-state index in [4.69, 9.17) is 15.2 Å². The van der Waals surface area contributed by atoms with Crippen molar-refractivity contribution in [1.29, 1.82) is 0 Å². The molecule has 0 saturated carbocycles. The molecule has 1 amide bonds. The lowest BCUT2D eigenvalue weighted by Gasteiger charge is -2.19. The summed E-state index contributed by atoms with van der Waals surface area (Å²) in [4.78, 5) is 49.4. The number of nitrogens with one attached hydrogen (secondary N) is 1. The zero-order chi connectivity index (χ0) is 22.2. The fourth-order valence-electron chi connectivity index (χ4n) is 3.48. The Morgan fingerprint density at radius 3 is 2.50 bits per heavy atom. The average molecular weight is 432 g/mol. The highest BCUT2D eigenvalue weighted by atomic mass is 32.1. The number of methoxy groups -OCH3 is 1. The number of rotatable bonds is 8. The van der Waals surface area contributed by atoms with Crippen LogP contribution in [-0.2, 0) is 20.7 Å². The van der Waals surface area contributed by atoms with E-state index in [1.54, 1.807) is 6.07 Å². The van der Waals surface area contributed by atoms with Gasteiger partial charge in [-0.15, -0.1) is 11.3 Å². The number of amides is 1. The molecule has 1 aromatic heterocycles. The summed E-state index contributed by atoms with van der Waals surface area (Å²) in [5.41, 5.74) is 5.50. The Kier molecular flexibility index (Phi) is 6.12. The Morgan fingerprint density at radius 1 is 1.20 bits per heavy atom. The van der Waals surface area contributed by atoms with Crippen LogP contribution in [0, 0.1) is 5.92 Å². The number of nitrogen functional groups attached to an aromatic ring is 1. The number of carbonyl (C=O) groups excluding carboxylic acids is 2. The molecule has 0 aliphatic rings. The van der Waals surface area contributed by atoms with Crippen molar-refractivity contribution in [2.75, 3.05) is 19.5 Å². The predicted octanol–water partition coefficient (Wildman–Crippen LogP) is 1.88. The third-order valence-electron chi connectivity index (χ3n) is 4.92. The maximum absolute atomic E-state index is 12.4. The second-order valence-corrected chi connectivity index (χ2v) is 8.65. The minimum absolute atomic E-state index is 0.147. The summed E-state index contributed by atoms with van der Waals surface area (Å²) in [5, 5.41) is 3.57. The fourth-order valence-corrected chi connectivity index (χ4v) is 4.59. The largest absolute Gasteiger partial charge is 0.482 e. The molecule has 2 aromatic carbocycles. The zero-order valence-electron chi connectivity index (χ0n) is 17.3. The Morgan fingerprint density at radius 2 is 1.90 bits per heavy atom. The van der Waals surface area contributed by atoms with Crippen molar-refractivity contribution >= 4 is 49.8 Å². The van der Waals surface area contributed by atoms with Gasteiger partial charge in [0.15, 0.2) is 6.61 Å². The van der Waals surface area contributed by atoms with Gasteiger partial charge in [0, 0.05) is 15.0 Å². The van der Waals surface area contributed by atoms with Gasteiger partial charge in [-0.1, -0.05) is 20.8 Å². The minimum atomic E-state index is -0.800. The van der Waals surface area contributed by atoms with Crippen molar-refractivity contribution < 1.29 is 19.1 Å². The topological polar surface area (TPSA) is 125 Å². The van der Waals surface area contributed by atoms with Gasteiger partial charge in [0.25, 0.3) is 5.91 Å². The van der Waals surface area contributed by atoms with Crippen LogP contribution in [0.3, 0.4) is 0 Å². The molecule has 0 saturated heterocycles. The molecule has 3 aromatic rings. The zero-order valence-corrected chi connectivity index (χ0v) is 18.1. The second kappa shape index (κ2) is 8.43. The normalized spacial score (nSPS) is 12.6. The number of thiophene rings is 1. The monoisotopic (exact) mass is 432 g/mol. The van der Waals surface area contributed by atoms with E-state index >= 15 is 0 Å². The van der Waals surface area contributed by atoms with E-state index in [2.05, 4.69) is 5.32 Å². The summed E-state index contributed by atoms with van der Waals surface area (Å²) in [7, 11) is 1.26. The number of benzene rings is 1. The standard InChI is InChI=1S/C21H24N2O6S/c1-5-12-17(22)16-13(30-12)7-10-15(19(26)18(10)25)20(16)29-8-14(24)23-11(6-9(2)3)21(27)28-4/h7,9,11H,5-6,8,22H2,1-4H3,(H,23,24)/t11-/m0/s1. The van der Waals surface area contributed by atoms with Crippen molar-refractivity contribution in [3.05, 3.63) is 31.4 Å². The van der Waals surface area contributed by atoms with Crippen LogP contribution in [-0.4, -0.2) is 31.6 Å². The lowest BCUT2D eigenvalue weighted by atomic mass is 10.0. The van der Waals surface area contributed by atoms with Gasteiger partial charge in [0.1, 0.15) is 11.8 Å². The van der Waals surface area contributed by atoms with Crippen molar-refractivity contribution in [3.63, 3.8) is 0 Å². The quantitative estimate of drug-likeness (QED) is 0.411. The van der Waals surface area contributed by atoms with Crippen LogP contribution in [0.1, 0.15) is 32.1 Å². The van der Waals surface area contributed by atoms with E-state index in [1.165, 1.54) is 18.4 Å². The number of ether oxygens (including phenoxy) is 2. The van der Waals surface area contributed by atoms with E-state index in [9.17, 15) is 19.2 Å². The maximum Gasteiger partial charge on any atom is 0.328 e. The average Bonchev–Trinajstić information content (AvgIpc) is 3.04. The highest BCUT2D eigenvalue weighted by Crippen LogP contribution is 2.43. The van der Waals surface area contributed by atoms with Crippen molar-refractivity contribution in [2.45, 2.75) is 39.7 Å². The Balaban J connectivity index is 1.91. The Hall–Kier alpha value is -2.94. The van der Waals surface area contributed by atoms with Gasteiger partial charge in [-0.05, 0) is 24.8 Å². The molecule has 0 spiro atoms. The lowest BCUT2D eigenvalue weighted by Crippen LogP contribution is -2.44. The number of aryl methyl sites for hydroxylation is 1. The first kappa shape index (κ1) is 21.8. The molecule has 30 heavy (non-hydrogen) atoms. The first-order chi connectivity index (χ1) is 14.2. The molecule has 1 atom stereocenters. The number of carbonyl (C=O) groups is 2. The molecular formula is C21H24N2O6S. The summed E-state index contributed by atoms with van der Waals surface area (Å²) in [6.45, 7) is 5.36. The molecule has 0 aliphatic heterocycles. The van der Waals surface area contributed by atoms with E-state index in [-0.39, 0.29) is 22.4 Å². The van der Waals surface area contributed by atoms with Crippen molar-refractivity contribution in [2.24, 2.45) is 5.92 Å². The highest BCUT2D eigenvalue weighted by molar-refractivity contribution is 7.20. The summed E-state index contributed by atoms with van der Waals surface area (Å²) in [6.07, 6.45) is 1.10. The van der Waals surface area contributed by atoms with E-state index in [1.807, 2.05) is 20.8 Å². The van der Waals surface area contributed by atoms with Gasteiger partial charge in [0.05, 0.1) is 23.6 Å².